The standard InChI is InChI=1S/C26H34N4O5S/c1-5-13-28-26(32)29(4)17-24-19(2)16-30(20(3)18-31)36(33,34)25-12-10-21(15-23(25)35-24)9-11-22-8-6-7-14-27-22/h6-8,10,12,14-15,19-20,24,31H,5,13,16-18H2,1-4H3,(H,28,32)/t19-,20-,24+/m1/s1. The van der Waals surface area contributed by atoms with Crippen molar-refractivity contribution in [2.24, 2.45) is 5.92 Å². The maximum absolute atomic E-state index is 13.6. The van der Waals surface area contributed by atoms with Crippen molar-refractivity contribution in [3.05, 3.63) is 53.9 Å². The molecular formula is C26H34N4O5S. The van der Waals surface area contributed by atoms with E-state index in [0.717, 1.165) is 6.42 Å². The molecule has 9 nitrogen and oxygen atoms in total. The Kier molecular flexibility index (Phi) is 9.31. The van der Waals surface area contributed by atoms with Crippen LogP contribution < -0.4 is 10.1 Å². The number of ether oxygens (including phenoxy) is 1. The number of benzene rings is 1. The molecule has 0 saturated heterocycles. The summed E-state index contributed by atoms with van der Waals surface area (Å²) in [5, 5.41) is 12.6. The normalized spacial score (nSPS) is 19.9. The fourth-order valence-electron chi connectivity index (χ4n) is 3.81. The lowest BCUT2D eigenvalue weighted by Gasteiger charge is -2.37. The molecule has 1 aliphatic heterocycles. The van der Waals surface area contributed by atoms with Crippen LogP contribution in [0, 0.1) is 17.8 Å². The van der Waals surface area contributed by atoms with Crippen LogP contribution >= 0.6 is 0 Å². The van der Waals surface area contributed by atoms with Gasteiger partial charge in [0.15, 0.2) is 0 Å². The molecule has 0 aliphatic carbocycles. The Hall–Kier alpha value is -3.13. The van der Waals surface area contributed by atoms with Crippen molar-refractivity contribution in [3.8, 4) is 17.6 Å². The molecule has 3 rings (SSSR count). The number of amides is 2. The number of sulfonamides is 1. The molecule has 0 radical (unpaired) electrons. The average molecular weight is 515 g/mol. The number of rotatable bonds is 6. The molecule has 0 unspecified atom stereocenters. The number of nitrogens with zero attached hydrogens (tertiary/aromatic N) is 3. The molecule has 1 aromatic heterocycles. The lowest BCUT2D eigenvalue weighted by Crippen LogP contribution is -2.51. The summed E-state index contributed by atoms with van der Waals surface area (Å²) in [6.45, 7) is 6.15. The number of aliphatic hydroxyl groups is 1. The van der Waals surface area contributed by atoms with Gasteiger partial charge >= 0.3 is 6.03 Å². The number of carbonyl (C=O) groups excluding carboxylic acids is 1. The van der Waals surface area contributed by atoms with E-state index in [1.54, 1.807) is 44.4 Å². The molecule has 1 aliphatic rings. The highest BCUT2D eigenvalue weighted by molar-refractivity contribution is 7.89. The molecule has 0 bridgehead atoms. The summed E-state index contributed by atoms with van der Waals surface area (Å²) in [6.07, 6.45) is 1.97. The Balaban J connectivity index is 2.01. The number of hydrogen-bond acceptors (Lipinski definition) is 6. The summed E-state index contributed by atoms with van der Waals surface area (Å²) >= 11 is 0. The zero-order valence-corrected chi connectivity index (χ0v) is 22.0. The Morgan fingerprint density at radius 2 is 2.11 bits per heavy atom. The lowest BCUT2D eigenvalue weighted by atomic mass is 10.0. The van der Waals surface area contributed by atoms with Crippen molar-refractivity contribution in [2.75, 3.05) is 33.3 Å². The van der Waals surface area contributed by atoms with Crippen LogP contribution in [0.2, 0.25) is 0 Å². The van der Waals surface area contributed by atoms with Gasteiger partial charge in [0.2, 0.25) is 10.0 Å². The van der Waals surface area contributed by atoms with Gasteiger partial charge in [-0.1, -0.05) is 25.8 Å². The number of fused-ring (bicyclic) bond motifs is 1. The van der Waals surface area contributed by atoms with Crippen LogP contribution in [0.4, 0.5) is 4.79 Å². The number of aliphatic hydroxyl groups excluding tert-OH is 1. The Morgan fingerprint density at radius 3 is 2.78 bits per heavy atom. The van der Waals surface area contributed by atoms with Crippen molar-refractivity contribution in [1.29, 1.82) is 0 Å². The molecule has 10 heteroatoms. The van der Waals surface area contributed by atoms with Gasteiger partial charge in [0.1, 0.15) is 22.4 Å². The topological polar surface area (TPSA) is 112 Å². The number of aromatic nitrogens is 1. The third-order valence-electron chi connectivity index (χ3n) is 5.99. The minimum absolute atomic E-state index is 0.00109. The van der Waals surface area contributed by atoms with Crippen LogP contribution in [0.1, 0.15) is 38.4 Å². The van der Waals surface area contributed by atoms with Gasteiger partial charge in [-0.15, -0.1) is 0 Å². The molecule has 2 aromatic rings. The number of nitrogens with one attached hydrogen (secondary N) is 1. The highest BCUT2D eigenvalue weighted by Crippen LogP contribution is 2.34. The monoisotopic (exact) mass is 514 g/mol. The molecule has 2 heterocycles. The van der Waals surface area contributed by atoms with Gasteiger partial charge in [-0.05, 0) is 49.6 Å². The SMILES string of the molecule is CCCNC(=O)N(C)C[C@@H]1Oc2cc(C#Cc3ccccn3)ccc2S(=O)(=O)N([C@H](C)CO)C[C@H]1C. The molecular weight excluding hydrogens is 480 g/mol. The quantitative estimate of drug-likeness (QED) is 0.572. The first-order valence-electron chi connectivity index (χ1n) is 12.0. The first-order chi connectivity index (χ1) is 17.2. The van der Waals surface area contributed by atoms with Crippen molar-refractivity contribution >= 4 is 16.1 Å². The molecule has 0 fully saturated rings. The van der Waals surface area contributed by atoms with E-state index in [0.29, 0.717) is 17.8 Å². The first kappa shape index (κ1) is 27.5. The maximum Gasteiger partial charge on any atom is 0.317 e. The van der Waals surface area contributed by atoms with Crippen molar-refractivity contribution in [1.82, 2.24) is 19.5 Å². The van der Waals surface area contributed by atoms with E-state index in [4.69, 9.17) is 4.74 Å². The highest BCUT2D eigenvalue weighted by Gasteiger charge is 2.38. The summed E-state index contributed by atoms with van der Waals surface area (Å²) in [6, 6.07) is 9.28. The number of pyridine rings is 1. The molecule has 194 valence electrons. The van der Waals surface area contributed by atoms with Crippen LogP contribution in [0.15, 0.2) is 47.5 Å². The van der Waals surface area contributed by atoms with E-state index in [1.807, 2.05) is 19.9 Å². The summed E-state index contributed by atoms with van der Waals surface area (Å²) in [7, 11) is -2.28. The maximum atomic E-state index is 13.6. The minimum atomic E-state index is -3.96. The molecule has 0 spiro atoms. The lowest BCUT2D eigenvalue weighted by molar-refractivity contribution is 0.0812. The van der Waals surface area contributed by atoms with Crippen LogP contribution in [0.3, 0.4) is 0 Å². The van der Waals surface area contributed by atoms with Crippen molar-refractivity contribution < 1.29 is 23.1 Å². The van der Waals surface area contributed by atoms with Crippen LogP contribution in [-0.4, -0.2) is 79.2 Å². The molecule has 3 atom stereocenters. The van der Waals surface area contributed by atoms with Gasteiger partial charge in [-0.3, -0.25) is 0 Å². The first-order valence-corrected chi connectivity index (χ1v) is 13.5. The van der Waals surface area contributed by atoms with E-state index < -0.39 is 22.2 Å². The van der Waals surface area contributed by atoms with Gasteiger partial charge < -0.3 is 20.1 Å². The zero-order valence-electron chi connectivity index (χ0n) is 21.1. The van der Waals surface area contributed by atoms with E-state index in [1.165, 1.54) is 15.3 Å². The zero-order chi connectivity index (χ0) is 26.3. The Bertz CT molecular complexity index is 1210. The van der Waals surface area contributed by atoms with Gasteiger partial charge in [-0.25, -0.2) is 18.2 Å². The minimum Gasteiger partial charge on any atom is -0.487 e. The number of carbonyl (C=O) groups is 1. The van der Waals surface area contributed by atoms with E-state index in [-0.39, 0.29) is 42.3 Å². The highest BCUT2D eigenvalue weighted by atomic mass is 32.2. The third-order valence-corrected chi connectivity index (χ3v) is 8.01. The van der Waals surface area contributed by atoms with Gasteiger partial charge in [0.05, 0.1) is 13.2 Å². The second-order valence-electron chi connectivity index (χ2n) is 8.98. The summed E-state index contributed by atoms with van der Waals surface area (Å²) in [5.74, 6) is 5.87. The van der Waals surface area contributed by atoms with E-state index >= 15 is 0 Å². The second kappa shape index (κ2) is 12.2. The van der Waals surface area contributed by atoms with Gasteiger partial charge in [0, 0.05) is 43.9 Å². The van der Waals surface area contributed by atoms with Crippen LogP contribution in [-0.2, 0) is 10.0 Å². The predicted molar refractivity (Wildman–Crippen MR) is 137 cm³/mol. The van der Waals surface area contributed by atoms with Crippen molar-refractivity contribution in [2.45, 2.75) is 44.2 Å². The predicted octanol–water partition coefficient (Wildman–Crippen LogP) is 2.30. The molecule has 0 saturated carbocycles. The van der Waals surface area contributed by atoms with Crippen LogP contribution in [0.5, 0.6) is 5.75 Å². The average Bonchev–Trinajstić information content (AvgIpc) is 2.88. The smallest absolute Gasteiger partial charge is 0.317 e. The molecule has 36 heavy (non-hydrogen) atoms. The van der Waals surface area contributed by atoms with E-state index in [9.17, 15) is 18.3 Å². The number of likely N-dealkylation sites (N-methyl/N-ethyl adjacent to an activating group) is 1. The number of hydrogen-bond donors (Lipinski definition) is 2. The second-order valence-corrected chi connectivity index (χ2v) is 10.8. The molecule has 1 aromatic carbocycles. The molecule has 2 N–H and O–H groups in total. The van der Waals surface area contributed by atoms with Gasteiger partial charge in [0.25, 0.3) is 0 Å². The summed E-state index contributed by atoms with van der Waals surface area (Å²) in [4.78, 5) is 18.2. The summed E-state index contributed by atoms with van der Waals surface area (Å²) < 4.78 is 34.8. The third kappa shape index (κ3) is 6.55. The fraction of sp³-hybridized carbons (Fsp3) is 0.462. The fourth-order valence-corrected chi connectivity index (χ4v) is 5.64. The van der Waals surface area contributed by atoms with Crippen LogP contribution in [0.25, 0.3) is 0 Å². The van der Waals surface area contributed by atoms with Gasteiger partial charge in [-0.2, -0.15) is 4.31 Å². The summed E-state index contributed by atoms with van der Waals surface area (Å²) in [5.41, 5.74) is 1.16. The largest absolute Gasteiger partial charge is 0.487 e. The van der Waals surface area contributed by atoms with Crippen molar-refractivity contribution in [3.63, 3.8) is 0 Å². The number of urea groups is 1. The molecule has 2 amide bonds. The Labute approximate surface area is 213 Å². The Morgan fingerprint density at radius 1 is 1.33 bits per heavy atom. The van der Waals surface area contributed by atoms with E-state index in [2.05, 4.69) is 22.1 Å².